The molecule has 1 N–H and O–H groups in total. The molecular weight excluding hydrogens is 191 g/mol. The molecule has 10 heavy (non-hydrogen) atoms. The summed E-state index contributed by atoms with van der Waals surface area (Å²) in [7, 11) is 0. The fourth-order valence-electron chi connectivity index (χ4n) is 0.510. The van der Waals surface area contributed by atoms with Crippen molar-refractivity contribution in [2.75, 3.05) is 11.9 Å². The summed E-state index contributed by atoms with van der Waals surface area (Å²) in [6.45, 7) is 2.82. The molecule has 0 amide bonds. The van der Waals surface area contributed by atoms with Crippen molar-refractivity contribution in [3.63, 3.8) is 0 Å². The first-order chi connectivity index (χ1) is 4.74. The first-order valence-electron chi connectivity index (χ1n) is 2.79. The number of hydrogen-bond acceptors (Lipinski definition) is 3. The predicted molar refractivity (Wildman–Crippen MR) is 46.3 cm³/mol. The Hall–Kier alpha value is 0.01000. The maximum absolute atomic E-state index is 5.65. The monoisotopic (exact) mass is 196 g/mol. The highest BCUT2D eigenvalue weighted by atomic mass is 35.5. The molecule has 0 radical (unpaired) electrons. The second-order valence-corrected chi connectivity index (χ2v) is 3.57. The van der Waals surface area contributed by atoms with Crippen LogP contribution in [-0.2, 0) is 0 Å². The van der Waals surface area contributed by atoms with Crippen LogP contribution < -0.4 is 5.32 Å². The third-order valence-corrected chi connectivity index (χ3v) is 2.57. The number of thiazole rings is 1. The Morgan fingerprint density at radius 2 is 2.30 bits per heavy atom. The molecule has 1 aromatic heterocycles. The number of nitrogens with zero attached hydrogens (tertiary/aromatic N) is 1. The van der Waals surface area contributed by atoms with Gasteiger partial charge in [-0.1, -0.05) is 34.5 Å². The van der Waals surface area contributed by atoms with E-state index in [4.69, 9.17) is 23.2 Å². The minimum absolute atomic E-state index is 0.377. The molecule has 1 aromatic rings. The van der Waals surface area contributed by atoms with Crippen LogP contribution >= 0.6 is 34.5 Å². The van der Waals surface area contributed by atoms with Gasteiger partial charge in [-0.3, -0.25) is 0 Å². The summed E-state index contributed by atoms with van der Waals surface area (Å²) in [6, 6.07) is 0. The van der Waals surface area contributed by atoms with Crippen LogP contribution in [0.2, 0.25) is 9.49 Å². The van der Waals surface area contributed by atoms with Gasteiger partial charge in [-0.2, -0.15) is 0 Å². The van der Waals surface area contributed by atoms with E-state index in [0.29, 0.717) is 9.49 Å². The number of halogens is 2. The predicted octanol–water partition coefficient (Wildman–Crippen LogP) is 2.88. The van der Waals surface area contributed by atoms with E-state index < -0.39 is 0 Å². The minimum atomic E-state index is 0.377. The van der Waals surface area contributed by atoms with Gasteiger partial charge in [0.15, 0.2) is 10.3 Å². The van der Waals surface area contributed by atoms with Crippen molar-refractivity contribution >= 4 is 39.7 Å². The summed E-state index contributed by atoms with van der Waals surface area (Å²) >= 11 is 12.6. The lowest BCUT2D eigenvalue weighted by Gasteiger charge is -1.91. The Labute approximate surface area is 73.2 Å². The van der Waals surface area contributed by atoms with Crippen LogP contribution in [0.15, 0.2) is 0 Å². The molecule has 0 spiro atoms. The van der Waals surface area contributed by atoms with Crippen molar-refractivity contribution in [1.29, 1.82) is 0 Å². The fourth-order valence-corrected chi connectivity index (χ4v) is 1.67. The summed E-state index contributed by atoms with van der Waals surface area (Å²) in [4.78, 5) is 3.94. The number of hydrogen-bond donors (Lipinski definition) is 1. The second kappa shape index (κ2) is 3.42. The molecule has 2 nitrogen and oxygen atoms in total. The molecule has 1 rings (SSSR count). The van der Waals surface area contributed by atoms with Crippen LogP contribution in [0.3, 0.4) is 0 Å². The molecular formula is C5H6Cl2N2S. The van der Waals surface area contributed by atoms with Crippen molar-refractivity contribution in [1.82, 2.24) is 4.98 Å². The first-order valence-corrected chi connectivity index (χ1v) is 4.37. The third kappa shape index (κ3) is 1.75. The van der Waals surface area contributed by atoms with Gasteiger partial charge in [0, 0.05) is 6.54 Å². The summed E-state index contributed by atoms with van der Waals surface area (Å²) in [5, 5.41) is 4.16. The van der Waals surface area contributed by atoms with E-state index in [0.717, 1.165) is 11.7 Å². The van der Waals surface area contributed by atoms with Crippen LogP contribution in [0.25, 0.3) is 0 Å². The SMILES string of the molecule is CCNc1nc(Cl)c(Cl)s1. The van der Waals surface area contributed by atoms with E-state index >= 15 is 0 Å². The topological polar surface area (TPSA) is 24.9 Å². The summed E-state index contributed by atoms with van der Waals surface area (Å²) in [5.41, 5.74) is 0. The zero-order chi connectivity index (χ0) is 7.56. The molecule has 0 aliphatic heterocycles. The molecule has 0 atom stereocenters. The fraction of sp³-hybridized carbons (Fsp3) is 0.400. The Morgan fingerprint density at radius 1 is 1.60 bits per heavy atom. The average molecular weight is 197 g/mol. The maximum atomic E-state index is 5.65. The van der Waals surface area contributed by atoms with Gasteiger partial charge >= 0.3 is 0 Å². The largest absolute Gasteiger partial charge is 0.362 e. The van der Waals surface area contributed by atoms with Gasteiger partial charge in [0.05, 0.1) is 0 Å². The number of rotatable bonds is 2. The summed E-state index contributed by atoms with van der Waals surface area (Å²) in [6.07, 6.45) is 0. The van der Waals surface area contributed by atoms with Crippen molar-refractivity contribution < 1.29 is 0 Å². The molecule has 0 aliphatic carbocycles. The van der Waals surface area contributed by atoms with Gasteiger partial charge < -0.3 is 5.32 Å². The quantitative estimate of drug-likeness (QED) is 0.788. The molecule has 56 valence electrons. The van der Waals surface area contributed by atoms with Crippen LogP contribution in [0.4, 0.5) is 5.13 Å². The van der Waals surface area contributed by atoms with Gasteiger partial charge in [-0.25, -0.2) is 4.98 Å². The van der Waals surface area contributed by atoms with E-state index in [9.17, 15) is 0 Å². The number of anilines is 1. The molecule has 0 saturated carbocycles. The van der Waals surface area contributed by atoms with Crippen LogP contribution in [0, 0.1) is 0 Å². The Bertz CT molecular complexity index is 204. The minimum Gasteiger partial charge on any atom is -0.362 e. The van der Waals surface area contributed by atoms with Crippen LogP contribution in [0.1, 0.15) is 6.92 Å². The Balaban J connectivity index is 2.77. The van der Waals surface area contributed by atoms with E-state index in [-0.39, 0.29) is 0 Å². The average Bonchev–Trinajstić information content (AvgIpc) is 2.14. The summed E-state index contributed by atoms with van der Waals surface area (Å²) in [5.74, 6) is 0. The van der Waals surface area contributed by atoms with Gasteiger partial charge in [-0.15, -0.1) is 0 Å². The molecule has 1 heterocycles. The van der Waals surface area contributed by atoms with Crippen molar-refractivity contribution in [2.24, 2.45) is 0 Å². The highest BCUT2D eigenvalue weighted by Crippen LogP contribution is 2.30. The molecule has 0 saturated heterocycles. The van der Waals surface area contributed by atoms with E-state index in [1.54, 1.807) is 0 Å². The smallest absolute Gasteiger partial charge is 0.185 e. The van der Waals surface area contributed by atoms with Gasteiger partial charge in [-0.05, 0) is 6.92 Å². The zero-order valence-corrected chi connectivity index (χ0v) is 7.65. The highest BCUT2D eigenvalue weighted by Gasteiger charge is 2.04. The molecule has 0 fully saturated rings. The van der Waals surface area contributed by atoms with Crippen LogP contribution in [-0.4, -0.2) is 11.5 Å². The van der Waals surface area contributed by atoms with Crippen LogP contribution in [0.5, 0.6) is 0 Å². The first kappa shape index (κ1) is 8.11. The summed E-state index contributed by atoms with van der Waals surface area (Å²) < 4.78 is 0.539. The van der Waals surface area contributed by atoms with Crippen molar-refractivity contribution in [3.8, 4) is 0 Å². The lowest BCUT2D eigenvalue weighted by atomic mass is 10.8. The van der Waals surface area contributed by atoms with Crippen molar-refractivity contribution in [2.45, 2.75) is 6.92 Å². The number of aromatic nitrogens is 1. The highest BCUT2D eigenvalue weighted by molar-refractivity contribution is 7.20. The second-order valence-electron chi connectivity index (χ2n) is 1.61. The van der Waals surface area contributed by atoms with E-state index in [1.807, 2.05) is 6.92 Å². The number of nitrogens with one attached hydrogen (secondary N) is 1. The third-order valence-electron chi connectivity index (χ3n) is 0.876. The Kier molecular flexibility index (Phi) is 2.77. The standard InChI is InChI=1S/C5H6Cl2N2S/c1-2-8-5-9-3(6)4(7)10-5/h2H2,1H3,(H,8,9). The lowest BCUT2D eigenvalue weighted by molar-refractivity contribution is 1.19. The lowest BCUT2D eigenvalue weighted by Crippen LogP contribution is -1.94. The zero-order valence-electron chi connectivity index (χ0n) is 5.32. The van der Waals surface area contributed by atoms with E-state index in [2.05, 4.69) is 10.3 Å². The van der Waals surface area contributed by atoms with Gasteiger partial charge in [0.25, 0.3) is 0 Å². The maximum Gasteiger partial charge on any atom is 0.185 e. The molecule has 0 bridgehead atoms. The van der Waals surface area contributed by atoms with Gasteiger partial charge in [0.1, 0.15) is 4.34 Å². The normalized spacial score (nSPS) is 9.90. The Morgan fingerprint density at radius 3 is 2.70 bits per heavy atom. The molecule has 0 aromatic carbocycles. The molecule has 0 aliphatic rings. The van der Waals surface area contributed by atoms with E-state index in [1.165, 1.54) is 11.3 Å². The molecule has 0 unspecified atom stereocenters. The van der Waals surface area contributed by atoms with Gasteiger partial charge in [0.2, 0.25) is 0 Å². The van der Waals surface area contributed by atoms with Crippen molar-refractivity contribution in [3.05, 3.63) is 9.49 Å². The molecule has 5 heteroatoms.